The van der Waals surface area contributed by atoms with Gasteiger partial charge in [0.25, 0.3) is 0 Å². The van der Waals surface area contributed by atoms with Crippen LogP contribution in [0.25, 0.3) is 0 Å². The van der Waals surface area contributed by atoms with Gasteiger partial charge in [-0.3, -0.25) is 0 Å². The van der Waals surface area contributed by atoms with Gasteiger partial charge < -0.3 is 20.5 Å². The maximum Gasteiger partial charge on any atom is 0.240 e. The second-order valence-electron chi connectivity index (χ2n) is 6.03. The summed E-state index contributed by atoms with van der Waals surface area (Å²) in [4.78, 5) is 4.47. The van der Waals surface area contributed by atoms with Crippen LogP contribution in [0.1, 0.15) is 11.1 Å². The van der Waals surface area contributed by atoms with Gasteiger partial charge in [-0.1, -0.05) is 23.8 Å². The summed E-state index contributed by atoms with van der Waals surface area (Å²) in [6, 6.07) is 12.2. The van der Waals surface area contributed by atoms with E-state index in [4.69, 9.17) is 15.2 Å². The van der Waals surface area contributed by atoms with Gasteiger partial charge in [-0.15, -0.1) is 24.0 Å². The van der Waals surface area contributed by atoms with Crippen LogP contribution in [-0.4, -0.2) is 41.7 Å². The average molecular weight is 534 g/mol. The van der Waals surface area contributed by atoms with E-state index in [1.54, 1.807) is 44.6 Å². The van der Waals surface area contributed by atoms with Crippen LogP contribution in [-0.2, 0) is 16.6 Å². The third-order valence-electron chi connectivity index (χ3n) is 3.93. The highest BCUT2D eigenvalue weighted by atomic mass is 127. The number of nitrogens with two attached hydrogens (primary N) is 1. The highest BCUT2D eigenvalue weighted by Crippen LogP contribution is 2.27. The smallest absolute Gasteiger partial charge is 0.240 e. The third kappa shape index (κ3) is 7.71. The van der Waals surface area contributed by atoms with E-state index in [1.807, 2.05) is 19.1 Å². The zero-order chi connectivity index (χ0) is 20.6. The number of methoxy groups -OCH3 is 2. The molecule has 0 saturated heterocycles. The number of sulfonamides is 1. The zero-order valence-corrected chi connectivity index (χ0v) is 19.8. The number of ether oxygens (including phenoxy) is 2. The van der Waals surface area contributed by atoms with Crippen LogP contribution in [0.15, 0.2) is 52.4 Å². The van der Waals surface area contributed by atoms with Crippen molar-refractivity contribution in [3.63, 3.8) is 0 Å². The van der Waals surface area contributed by atoms with Crippen LogP contribution in [0.4, 0.5) is 0 Å². The van der Waals surface area contributed by atoms with E-state index < -0.39 is 10.0 Å². The van der Waals surface area contributed by atoms with Crippen molar-refractivity contribution >= 4 is 40.0 Å². The minimum absolute atomic E-state index is 0. The normalized spacial score (nSPS) is 11.5. The first-order valence-electron chi connectivity index (χ1n) is 8.66. The average Bonchev–Trinajstić information content (AvgIpc) is 2.69. The predicted molar refractivity (Wildman–Crippen MR) is 125 cm³/mol. The van der Waals surface area contributed by atoms with Crippen molar-refractivity contribution < 1.29 is 17.9 Å². The molecule has 0 aromatic heterocycles. The number of aryl methyl sites for hydroxylation is 1. The van der Waals surface area contributed by atoms with Crippen molar-refractivity contribution in [2.24, 2.45) is 10.7 Å². The number of nitrogens with one attached hydrogen (secondary N) is 2. The molecular weight excluding hydrogens is 507 g/mol. The summed E-state index contributed by atoms with van der Waals surface area (Å²) >= 11 is 0. The van der Waals surface area contributed by atoms with Gasteiger partial charge in [0.1, 0.15) is 0 Å². The number of hydrogen-bond donors (Lipinski definition) is 3. The molecule has 0 amide bonds. The quantitative estimate of drug-likeness (QED) is 0.196. The fourth-order valence-electron chi connectivity index (χ4n) is 2.39. The van der Waals surface area contributed by atoms with E-state index in [9.17, 15) is 8.42 Å². The molecule has 29 heavy (non-hydrogen) atoms. The number of benzene rings is 2. The topological polar surface area (TPSA) is 115 Å². The lowest BCUT2D eigenvalue weighted by Crippen LogP contribution is -2.38. The Labute approximate surface area is 189 Å². The molecule has 10 heteroatoms. The number of hydrogen-bond acceptors (Lipinski definition) is 5. The molecule has 0 saturated carbocycles. The van der Waals surface area contributed by atoms with E-state index >= 15 is 0 Å². The van der Waals surface area contributed by atoms with Gasteiger partial charge in [-0.25, -0.2) is 18.1 Å². The van der Waals surface area contributed by atoms with E-state index in [2.05, 4.69) is 15.0 Å². The first-order valence-corrected chi connectivity index (χ1v) is 10.1. The van der Waals surface area contributed by atoms with Crippen molar-refractivity contribution in [1.82, 2.24) is 10.0 Å². The highest BCUT2D eigenvalue weighted by molar-refractivity contribution is 14.0. The molecule has 2 rings (SSSR count). The summed E-state index contributed by atoms with van der Waals surface area (Å²) in [5.41, 5.74) is 7.74. The predicted octanol–water partition coefficient (Wildman–Crippen LogP) is 2.01. The first-order chi connectivity index (χ1) is 13.4. The van der Waals surface area contributed by atoms with Crippen LogP contribution >= 0.6 is 24.0 Å². The molecule has 0 fully saturated rings. The molecule has 4 N–H and O–H groups in total. The first kappa shape index (κ1) is 25.0. The molecule has 0 bridgehead atoms. The summed E-state index contributed by atoms with van der Waals surface area (Å²) < 4.78 is 37.3. The molecule has 0 spiro atoms. The molecule has 8 nitrogen and oxygen atoms in total. The van der Waals surface area contributed by atoms with Crippen LogP contribution in [0.5, 0.6) is 11.5 Å². The molecule has 0 aliphatic heterocycles. The van der Waals surface area contributed by atoms with Crippen molar-refractivity contribution in [2.45, 2.75) is 18.4 Å². The summed E-state index contributed by atoms with van der Waals surface area (Å²) in [5, 5.41) is 2.88. The minimum atomic E-state index is -3.54. The Hall–Kier alpha value is -2.05. The minimum Gasteiger partial charge on any atom is -0.493 e. The molecule has 2 aromatic carbocycles. The second kappa shape index (κ2) is 11.8. The molecule has 0 unspecified atom stereocenters. The Bertz CT molecular complexity index is 918. The van der Waals surface area contributed by atoms with Crippen LogP contribution < -0.4 is 25.2 Å². The molecule has 0 heterocycles. The van der Waals surface area contributed by atoms with Gasteiger partial charge >= 0.3 is 0 Å². The second-order valence-corrected chi connectivity index (χ2v) is 7.80. The Morgan fingerprint density at radius 1 is 1.03 bits per heavy atom. The number of rotatable bonds is 9. The number of aliphatic imine (C=N–C) groups is 1. The maximum atomic E-state index is 12.2. The largest absolute Gasteiger partial charge is 0.493 e. The SMILES string of the molecule is COc1ccc(CN=C(N)NCCNS(=O)(=O)c2ccc(C)cc2)cc1OC.I. The van der Waals surface area contributed by atoms with Crippen molar-refractivity contribution in [3.8, 4) is 11.5 Å². The number of guanidine groups is 1. The van der Waals surface area contributed by atoms with Crippen molar-refractivity contribution in [2.75, 3.05) is 27.3 Å². The number of halogens is 1. The third-order valence-corrected chi connectivity index (χ3v) is 5.41. The standard InChI is InChI=1S/C19H26N4O4S.HI/c1-14-4-7-16(8-5-14)28(24,25)23-11-10-21-19(20)22-13-15-6-9-17(26-2)18(12-15)27-3;/h4-9,12,23H,10-11,13H2,1-3H3,(H3,20,21,22);1H. The lowest BCUT2D eigenvalue weighted by molar-refractivity contribution is 0.354. The van der Waals surface area contributed by atoms with Crippen LogP contribution in [0.2, 0.25) is 0 Å². The molecule has 160 valence electrons. The van der Waals surface area contributed by atoms with E-state index in [1.165, 1.54) is 0 Å². The van der Waals surface area contributed by atoms with Gasteiger partial charge in [0.2, 0.25) is 10.0 Å². The molecular formula is C19H27IN4O4S. The van der Waals surface area contributed by atoms with Gasteiger partial charge in [-0.05, 0) is 36.8 Å². The summed E-state index contributed by atoms with van der Waals surface area (Å²) in [7, 11) is -0.399. The van der Waals surface area contributed by atoms with E-state index in [-0.39, 0.29) is 41.4 Å². The van der Waals surface area contributed by atoms with Gasteiger partial charge in [0, 0.05) is 13.1 Å². The van der Waals surface area contributed by atoms with E-state index in [0.717, 1.165) is 11.1 Å². The Kier molecular flexibility index (Phi) is 10.2. The summed E-state index contributed by atoms with van der Waals surface area (Å²) in [5.74, 6) is 1.48. The summed E-state index contributed by atoms with van der Waals surface area (Å²) in [6.07, 6.45) is 0. The zero-order valence-electron chi connectivity index (χ0n) is 16.6. The molecule has 2 aromatic rings. The fourth-order valence-corrected chi connectivity index (χ4v) is 3.42. The molecule has 0 aliphatic carbocycles. The van der Waals surface area contributed by atoms with Crippen molar-refractivity contribution in [1.29, 1.82) is 0 Å². The molecule has 0 radical (unpaired) electrons. The lowest BCUT2D eigenvalue weighted by atomic mass is 10.2. The maximum absolute atomic E-state index is 12.2. The monoisotopic (exact) mass is 534 g/mol. The highest BCUT2D eigenvalue weighted by Gasteiger charge is 2.12. The molecule has 0 atom stereocenters. The van der Waals surface area contributed by atoms with Crippen LogP contribution in [0, 0.1) is 6.92 Å². The Morgan fingerprint density at radius 3 is 2.31 bits per heavy atom. The van der Waals surface area contributed by atoms with Gasteiger partial charge in [0.05, 0.1) is 25.7 Å². The van der Waals surface area contributed by atoms with Gasteiger partial charge in [0.15, 0.2) is 17.5 Å². The molecule has 0 aliphatic rings. The van der Waals surface area contributed by atoms with Crippen LogP contribution in [0.3, 0.4) is 0 Å². The summed E-state index contributed by atoms with van der Waals surface area (Å²) in [6.45, 7) is 2.75. The van der Waals surface area contributed by atoms with Crippen molar-refractivity contribution in [3.05, 3.63) is 53.6 Å². The lowest BCUT2D eigenvalue weighted by Gasteiger charge is -2.10. The fraction of sp³-hybridized carbons (Fsp3) is 0.316. The Balaban J connectivity index is 0.00000420. The van der Waals surface area contributed by atoms with E-state index in [0.29, 0.717) is 24.6 Å². The van der Waals surface area contributed by atoms with Gasteiger partial charge in [-0.2, -0.15) is 0 Å². The number of nitrogens with zero attached hydrogens (tertiary/aromatic N) is 1. The Morgan fingerprint density at radius 2 is 1.69 bits per heavy atom.